The van der Waals surface area contributed by atoms with Crippen LogP contribution in [0.25, 0.3) is 0 Å². The summed E-state index contributed by atoms with van der Waals surface area (Å²) in [7, 11) is 0. The fourth-order valence-corrected chi connectivity index (χ4v) is 2.24. The summed E-state index contributed by atoms with van der Waals surface area (Å²) in [5.41, 5.74) is 6.50. The summed E-state index contributed by atoms with van der Waals surface area (Å²) >= 11 is 1.37. The maximum atomic E-state index is 13.4. The molecule has 0 saturated carbocycles. The molecule has 0 aliphatic carbocycles. The monoisotopic (exact) mass is 244 g/mol. The zero-order chi connectivity index (χ0) is 12.3. The number of nitrogens with two attached hydrogens (primary N) is 1. The molecular formula is C13H9FN2S. The fraction of sp³-hybridized carbons (Fsp3) is 0. The highest BCUT2D eigenvalue weighted by molar-refractivity contribution is 7.99. The Labute approximate surface area is 103 Å². The van der Waals surface area contributed by atoms with Crippen LogP contribution in [0, 0.1) is 17.1 Å². The summed E-state index contributed by atoms with van der Waals surface area (Å²) < 4.78 is 13.4. The molecule has 2 nitrogen and oxygen atoms in total. The Morgan fingerprint density at radius 2 is 1.94 bits per heavy atom. The van der Waals surface area contributed by atoms with E-state index in [9.17, 15) is 4.39 Å². The van der Waals surface area contributed by atoms with Crippen molar-refractivity contribution in [1.29, 1.82) is 5.26 Å². The van der Waals surface area contributed by atoms with Crippen molar-refractivity contribution < 1.29 is 4.39 Å². The van der Waals surface area contributed by atoms with Gasteiger partial charge in [-0.15, -0.1) is 0 Å². The average Bonchev–Trinajstić information content (AvgIpc) is 2.32. The molecule has 17 heavy (non-hydrogen) atoms. The summed E-state index contributed by atoms with van der Waals surface area (Å²) in [6, 6.07) is 13.7. The van der Waals surface area contributed by atoms with E-state index in [1.54, 1.807) is 18.2 Å². The number of benzene rings is 2. The van der Waals surface area contributed by atoms with E-state index in [-0.39, 0.29) is 5.56 Å². The third-order valence-electron chi connectivity index (χ3n) is 2.21. The summed E-state index contributed by atoms with van der Waals surface area (Å²) in [6.45, 7) is 0. The van der Waals surface area contributed by atoms with Crippen molar-refractivity contribution in [2.45, 2.75) is 9.79 Å². The molecule has 0 atom stereocenters. The molecule has 0 spiro atoms. The first-order valence-corrected chi connectivity index (χ1v) is 5.74. The molecule has 0 radical (unpaired) electrons. The van der Waals surface area contributed by atoms with Gasteiger partial charge in [0.2, 0.25) is 0 Å². The van der Waals surface area contributed by atoms with Crippen LogP contribution < -0.4 is 5.73 Å². The Kier molecular flexibility index (Phi) is 3.31. The van der Waals surface area contributed by atoms with E-state index in [1.165, 1.54) is 23.9 Å². The Balaban J connectivity index is 2.29. The predicted molar refractivity (Wildman–Crippen MR) is 66.1 cm³/mol. The van der Waals surface area contributed by atoms with Gasteiger partial charge in [-0.25, -0.2) is 4.39 Å². The van der Waals surface area contributed by atoms with E-state index in [0.29, 0.717) is 5.69 Å². The Hall–Kier alpha value is -1.99. The number of nitriles is 1. The molecule has 2 aromatic carbocycles. The topological polar surface area (TPSA) is 49.8 Å². The van der Waals surface area contributed by atoms with Gasteiger partial charge in [-0.1, -0.05) is 23.9 Å². The molecule has 0 unspecified atom stereocenters. The SMILES string of the molecule is N#Cc1ccc(Sc2ccccc2N)cc1F. The lowest BCUT2D eigenvalue weighted by Crippen LogP contribution is -1.88. The van der Waals surface area contributed by atoms with E-state index < -0.39 is 5.82 Å². The molecule has 0 saturated heterocycles. The number of halogens is 1. The molecule has 0 aromatic heterocycles. The molecule has 0 fully saturated rings. The summed E-state index contributed by atoms with van der Waals surface area (Å²) in [5.74, 6) is -0.507. The van der Waals surface area contributed by atoms with Crippen molar-refractivity contribution in [2.75, 3.05) is 5.73 Å². The van der Waals surface area contributed by atoms with Crippen LogP contribution >= 0.6 is 11.8 Å². The van der Waals surface area contributed by atoms with Crippen molar-refractivity contribution >= 4 is 17.4 Å². The molecule has 0 aliphatic rings. The van der Waals surface area contributed by atoms with Gasteiger partial charge in [0.1, 0.15) is 11.9 Å². The van der Waals surface area contributed by atoms with Gasteiger partial charge in [0, 0.05) is 15.5 Å². The number of hydrogen-bond acceptors (Lipinski definition) is 3. The summed E-state index contributed by atoms with van der Waals surface area (Å²) in [6.07, 6.45) is 0. The fourth-order valence-electron chi connectivity index (χ4n) is 1.35. The number of anilines is 1. The van der Waals surface area contributed by atoms with Gasteiger partial charge >= 0.3 is 0 Å². The zero-order valence-electron chi connectivity index (χ0n) is 8.85. The van der Waals surface area contributed by atoms with Crippen molar-refractivity contribution in [3.8, 4) is 6.07 Å². The second-order valence-corrected chi connectivity index (χ2v) is 4.51. The maximum Gasteiger partial charge on any atom is 0.142 e. The Morgan fingerprint density at radius 1 is 1.18 bits per heavy atom. The van der Waals surface area contributed by atoms with Crippen LogP contribution in [0.1, 0.15) is 5.56 Å². The molecule has 0 aliphatic heterocycles. The van der Waals surface area contributed by atoms with Crippen molar-refractivity contribution in [3.05, 3.63) is 53.8 Å². The second-order valence-electron chi connectivity index (χ2n) is 3.39. The van der Waals surface area contributed by atoms with Gasteiger partial charge in [0.05, 0.1) is 5.56 Å². The smallest absolute Gasteiger partial charge is 0.142 e. The molecule has 0 amide bonds. The lowest BCUT2D eigenvalue weighted by Gasteiger charge is -2.05. The van der Waals surface area contributed by atoms with Crippen LogP contribution in [0.5, 0.6) is 0 Å². The maximum absolute atomic E-state index is 13.4. The van der Waals surface area contributed by atoms with Gasteiger partial charge in [-0.3, -0.25) is 0 Å². The van der Waals surface area contributed by atoms with Gasteiger partial charge in [0.15, 0.2) is 0 Å². The number of para-hydroxylation sites is 1. The predicted octanol–water partition coefficient (Wildman–Crippen LogP) is 3.43. The van der Waals surface area contributed by atoms with Crippen LogP contribution in [-0.4, -0.2) is 0 Å². The average molecular weight is 244 g/mol. The Bertz CT molecular complexity index is 590. The summed E-state index contributed by atoms with van der Waals surface area (Å²) in [5, 5.41) is 8.63. The van der Waals surface area contributed by atoms with Crippen LogP contribution in [0.4, 0.5) is 10.1 Å². The third kappa shape index (κ3) is 2.58. The van der Waals surface area contributed by atoms with Crippen molar-refractivity contribution in [3.63, 3.8) is 0 Å². The molecule has 0 heterocycles. The van der Waals surface area contributed by atoms with Gasteiger partial charge in [0.25, 0.3) is 0 Å². The number of nitrogens with zero attached hydrogens (tertiary/aromatic N) is 1. The molecule has 4 heteroatoms. The molecule has 0 bridgehead atoms. The lowest BCUT2D eigenvalue weighted by atomic mass is 10.2. The molecule has 2 aromatic rings. The molecule has 2 rings (SSSR count). The van der Waals surface area contributed by atoms with Crippen molar-refractivity contribution in [1.82, 2.24) is 0 Å². The minimum Gasteiger partial charge on any atom is -0.398 e. The highest BCUT2D eigenvalue weighted by atomic mass is 32.2. The first-order valence-electron chi connectivity index (χ1n) is 4.92. The first kappa shape index (κ1) is 11.5. The highest BCUT2D eigenvalue weighted by Gasteiger charge is 2.05. The Morgan fingerprint density at radius 3 is 2.59 bits per heavy atom. The number of hydrogen-bond donors (Lipinski definition) is 1. The first-order chi connectivity index (χ1) is 8.20. The summed E-state index contributed by atoms with van der Waals surface area (Å²) in [4.78, 5) is 1.59. The quantitative estimate of drug-likeness (QED) is 0.823. The minimum atomic E-state index is -0.507. The van der Waals surface area contributed by atoms with E-state index in [2.05, 4.69) is 0 Å². The van der Waals surface area contributed by atoms with Crippen LogP contribution in [0.2, 0.25) is 0 Å². The van der Waals surface area contributed by atoms with Gasteiger partial charge < -0.3 is 5.73 Å². The molecular weight excluding hydrogens is 235 g/mol. The molecule has 2 N–H and O–H groups in total. The highest BCUT2D eigenvalue weighted by Crippen LogP contribution is 2.32. The van der Waals surface area contributed by atoms with Gasteiger partial charge in [-0.2, -0.15) is 5.26 Å². The lowest BCUT2D eigenvalue weighted by molar-refractivity contribution is 0.620. The largest absolute Gasteiger partial charge is 0.398 e. The van der Waals surface area contributed by atoms with E-state index in [0.717, 1.165) is 9.79 Å². The van der Waals surface area contributed by atoms with Gasteiger partial charge in [-0.05, 0) is 30.3 Å². The van der Waals surface area contributed by atoms with E-state index >= 15 is 0 Å². The minimum absolute atomic E-state index is 0.0513. The van der Waals surface area contributed by atoms with Crippen LogP contribution in [0.3, 0.4) is 0 Å². The number of nitrogen functional groups attached to an aromatic ring is 1. The van der Waals surface area contributed by atoms with Crippen molar-refractivity contribution in [2.24, 2.45) is 0 Å². The normalized spacial score (nSPS) is 9.88. The molecule has 84 valence electrons. The zero-order valence-corrected chi connectivity index (χ0v) is 9.67. The third-order valence-corrected chi connectivity index (χ3v) is 3.29. The second kappa shape index (κ2) is 4.89. The van der Waals surface area contributed by atoms with Crippen LogP contribution in [-0.2, 0) is 0 Å². The van der Waals surface area contributed by atoms with Crippen LogP contribution in [0.15, 0.2) is 52.3 Å². The number of rotatable bonds is 2. The van der Waals surface area contributed by atoms with E-state index in [4.69, 9.17) is 11.0 Å². The standard InChI is InChI=1S/C13H9FN2S/c14-11-7-10(6-5-9(11)8-15)17-13-4-2-1-3-12(13)16/h1-7H,16H2. The van der Waals surface area contributed by atoms with E-state index in [1.807, 2.05) is 18.2 Å².